The Balaban J connectivity index is 1.91. The topological polar surface area (TPSA) is 64.0 Å². The number of carbonyl (C=O) groups excluding carboxylic acids is 1. The minimum Gasteiger partial charge on any atom is -0.353 e. The van der Waals surface area contributed by atoms with E-state index in [-0.39, 0.29) is 23.3 Å². The quantitative estimate of drug-likeness (QED) is 0.601. The summed E-state index contributed by atoms with van der Waals surface area (Å²) in [5, 5.41) is 4.42. The Morgan fingerprint density at radius 2 is 2.23 bits per heavy atom. The lowest BCUT2D eigenvalue weighted by molar-refractivity contribution is -0.119. The van der Waals surface area contributed by atoms with Crippen molar-refractivity contribution in [2.75, 3.05) is 5.75 Å². The number of fused-ring (bicyclic) bond motifs is 3. The van der Waals surface area contributed by atoms with Gasteiger partial charge in [-0.05, 0) is 51.0 Å². The molecule has 2 heterocycles. The summed E-state index contributed by atoms with van der Waals surface area (Å²) in [6.07, 6.45) is 4.05. The molecule has 0 unspecified atom stereocenters. The van der Waals surface area contributed by atoms with Crippen LogP contribution in [0.3, 0.4) is 0 Å². The molecule has 2 aromatic heterocycles. The molecule has 3 rings (SSSR count). The molecule has 0 aliphatic heterocycles. The molecule has 2 aromatic rings. The Morgan fingerprint density at radius 3 is 2.92 bits per heavy atom. The van der Waals surface area contributed by atoms with Crippen molar-refractivity contribution in [3.05, 3.63) is 20.8 Å². The van der Waals surface area contributed by atoms with Gasteiger partial charge in [-0.3, -0.25) is 14.2 Å². The molecular weight excluding hydrogens is 366 g/mol. The Labute approximate surface area is 162 Å². The summed E-state index contributed by atoms with van der Waals surface area (Å²) in [5.74, 6) is 0.937. The number of rotatable bonds is 6. The van der Waals surface area contributed by atoms with E-state index in [4.69, 9.17) is 4.98 Å². The summed E-state index contributed by atoms with van der Waals surface area (Å²) in [6.45, 7) is 8.83. The maximum Gasteiger partial charge on any atom is 0.263 e. The second kappa shape index (κ2) is 8.13. The summed E-state index contributed by atoms with van der Waals surface area (Å²) in [4.78, 5) is 32.1. The van der Waals surface area contributed by atoms with Crippen LogP contribution in [0.5, 0.6) is 0 Å². The number of thioether (sulfide) groups is 1. The normalized spacial score (nSPS) is 17.9. The van der Waals surface area contributed by atoms with Crippen LogP contribution in [0.25, 0.3) is 10.2 Å². The van der Waals surface area contributed by atoms with Gasteiger partial charge in [0.15, 0.2) is 5.16 Å². The first-order valence-corrected chi connectivity index (χ1v) is 11.2. The van der Waals surface area contributed by atoms with Gasteiger partial charge in [0.05, 0.1) is 11.1 Å². The molecule has 7 heteroatoms. The molecule has 0 bridgehead atoms. The van der Waals surface area contributed by atoms with E-state index in [1.807, 2.05) is 20.8 Å². The van der Waals surface area contributed by atoms with Gasteiger partial charge in [0, 0.05) is 17.5 Å². The summed E-state index contributed by atoms with van der Waals surface area (Å²) in [7, 11) is 0. The molecule has 0 saturated carbocycles. The molecule has 1 aliphatic rings. The van der Waals surface area contributed by atoms with Gasteiger partial charge >= 0.3 is 0 Å². The van der Waals surface area contributed by atoms with Gasteiger partial charge in [0.25, 0.3) is 5.56 Å². The van der Waals surface area contributed by atoms with Crippen molar-refractivity contribution < 1.29 is 4.79 Å². The molecule has 0 fully saturated rings. The molecule has 26 heavy (non-hydrogen) atoms. The molecule has 142 valence electrons. The second-order valence-electron chi connectivity index (χ2n) is 7.14. The maximum atomic E-state index is 13.1. The predicted molar refractivity (Wildman–Crippen MR) is 109 cm³/mol. The van der Waals surface area contributed by atoms with Crippen LogP contribution in [-0.2, 0) is 24.2 Å². The van der Waals surface area contributed by atoms with E-state index < -0.39 is 0 Å². The monoisotopic (exact) mass is 393 g/mol. The van der Waals surface area contributed by atoms with Crippen molar-refractivity contribution in [1.82, 2.24) is 14.9 Å². The van der Waals surface area contributed by atoms with Crippen LogP contribution in [0.15, 0.2) is 9.95 Å². The summed E-state index contributed by atoms with van der Waals surface area (Å²) < 4.78 is 1.72. The van der Waals surface area contributed by atoms with Gasteiger partial charge in [-0.2, -0.15) is 0 Å². The molecule has 2 atom stereocenters. The van der Waals surface area contributed by atoms with Crippen molar-refractivity contribution in [2.24, 2.45) is 5.92 Å². The van der Waals surface area contributed by atoms with Crippen LogP contribution in [0.4, 0.5) is 0 Å². The van der Waals surface area contributed by atoms with Crippen molar-refractivity contribution in [3.63, 3.8) is 0 Å². The van der Waals surface area contributed by atoms with Gasteiger partial charge in [-0.1, -0.05) is 25.6 Å². The first-order valence-electron chi connectivity index (χ1n) is 9.41. The lowest BCUT2D eigenvalue weighted by Gasteiger charge is -2.17. The van der Waals surface area contributed by atoms with Gasteiger partial charge in [0.2, 0.25) is 5.91 Å². The highest BCUT2D eigenvalue weighted by atomic mass is 32.2. The Hall–Kier alpha value is -1.34. The van der Waals surface area contributed by atoms with E-state index in [0.717, 1.165) is 35.9 Å². The molecule has 1 aliphatic carbocycles. The zero-order valence-electron chi connectivity index (χ0n) is 15.9. The fourth-order valence-electron chi connectivity index (χ4n) is 3.34. The molecule has 1 N–H and O–H groups in total. The number of nitrogens with zero attached hydrogens (tertiary/aromatic N) is 2. The van der Waals surface area contributed by atoms with Crippen LogP contribution in [0.1, 0.15) is 51.0 Å². The largest absolute Gasteiger partial charge is 0.353 e. The van der Waals surface area contributed by atoms with Crippen molar-refractivity contribution in [3.8, 4) is 0 Å². The van der Waals surface area contributed by atoms with E-state index in [0.29, 0.717) is 17.6 Å². The van der Waals surface area contributed by atoms with Crippen LogP contribution in [0.2, 0.25) is 0 Å². The highest BCUT2D eigenvalue weighted by Crippen LogP contribution is 2.36. The third-order valence-corrected chi connectivity index (χ3v) is 7.17. The van der Waals surface area contributed by atoms with Crippen LogP contribution >= 0.6 is 23.1 Å². The SMILES string of the molecule is CC[C@@H](C)NC(=O)CSc1nc2sc3c(c2c(=O)n1CC)CC[C@@H](C)C3. The van der Waals surface area contributed by atoms with E-state index >= 15 is 0 Å². The number of nitrogens with one attached hydrogen (secondary N) is 1. The zero-order valence-corrected chi connectivity index (χ0v) is 17.6. The molecule has 5 nitrogen and oxygen atoms in total. The highest BCUT2D eigenvalue weighted by Gasteiger charge is 2.24. The van der Waals surface area contributed by atoms with E-state index in [2.05, 4.69) is 12.2 Å². The number of aromatic nitrogens is 2. The second-order valence-corrected chi connectivity index (χ2v) is 9.17. The summed E-state index contributed by atoms with van der Waals surface area (Å²) >= 11 is 3.02. The number of carbonyl (C=O) groups is 1. The van der Waals surface area contributed by atoms with Gasteiger partial charge in [0.1, 0.15) is 4.83 Å². The first-order chi connectivity index (χ1) is 12.4. The lowest BCUT2D eigenvalue weighted by atomic mass is 9.89. The third kappa shape index (κ3) is 3.83. The summed E-state index contributed by atoms with van der Waals surface area (Å²) in [5.41, 5.74) is 1.27. The molecular formula is C19H27N3O2S2. The molecule has 0 spiro atoms. The lowest BCUT2D eigenvalue weighted by Crippen LogP contribution is -2.33. The molecule has 0 aromatic carbocycles. The zero-order chi connectivity index (χ0) is 18.8. The number of hydrogen-bond donors (Lipinski definition) is 1. The van der Waals surface area contributed by atoms with Crippen LogP contribution < -0.4 is 10.9 Å². The first kappa shape index (κ1) is 19.4. The molecule has 1 amide bonds. The van der Waals surface area contributed by atoms with Crippen molar-refractivity contribution in [2.45, 2.75) is 71.1 Å². The number of aryl methyl sites for hydroxylation is 1. The number of thiophene rings is 1. The van der Waals surface area contributed by atoms with Gasteiger partial charge < -0.3 is 5.32 Å². The van der Waals surface area contributed by atoms with Gasteiger partial charge in [-0.25, -0.2) is 4.98 Å². The van der Waals surface area contributed by atoms with Crippen molar-refractivity contribution >= 4 is 39.2 Å². The summed E-state index contributed by atoms with van der Waals surface area (Å²) in [6, 6.07) is 0.165. The van der Waals surface area contributed by atoms with Crippen LogP contribution in [0, 0.1) is 5.92 Å². The van der Waals surface area contributed by atoms with E-state index in [1.54, 1.807) is 15.9 Å². The standard InChI is InChI=1S/C19H27N3O2S2/c1-5-12(4)20-15(23)10-25-19-21-17-16(18(24)22(19)6-2)13-8-7-11(3)9-14(13)26-17/h11-12H,5-10H2,1-4H3,(H,20,23)/t11-,12-/m1/s1. The smallest absolute Gasteiger partial charge is 0.263 e. The van der Waals surface area contributed by atoms with E-state index in [1.165, 1.54) is 22.2 Å². The Morgan fingerprint density at radius 1 is 1.46 bits per heavy atom. The minimum atomic E-state index is -0.0133. The van der Waals surface area contributed by atoms with Crippen LogP contribution in [-0.4, -0.2) is 27.3 Å². The number of hydrogen-bond acceptors (Lipinski definition) is 5. The van der Waals surface area contributed by atoms with E-state index in [9.17, 15) is 9.59 Å². The number of amides is 1. The van der Waals surface area contributed by atoms with Crippen molar-refractivity contribution in [1.29, 1.82) is 0 Å². The third-order valence-electron chi connectivity index (χ3n) is 5.05. The Bertz CT molecular complexity index is 872. The van der Waals surface area contributed by atoms with Gasteiger partial charge in [-0.15, -0.1) is 11.3 Å². The molecule has 0 radical (unpaired) electrons. The average molecular weight is 394 g/mol. The fourth-order valence-corrected chi connectivity index (χ4v) is 5.64. The average Bonchev–Trinajstić information content (AvgIpc) is 2.97. The predicted octanol–water partition coefficient (Wildman–Crippen LogP) is 3.61. The fraction of sp³-hybridized carbons (Fsp3) is 0.632. The maximum absolute atomic E-state index is 13.1. The minimum absolute atomic E-state index is 0.0133. The molecule has 0 saturated heterocycles. The Kier molecular flexibility index (Phi) is 6.07. The highest BCUT2D eigenvalue weighted by molar-refractivity contribution is 7.99.